The molecule has 0 saturated heterocycles. The number of hydrogen-bond donors (Lipinski definition) is 1. The lowest BCUT2D eigenvalue weighted by Gasteiger charge is -2.18. The van der Waals surface area contributed by atoms with Gasteiger partial charge in [0.15, 0.2) is 0 Å². The maximum Gasteiger partial charge on any atom is 0.133 e. The van der Waals surface area contributed by atoms with Crippen LogP contribution in [0.3, 0.4) is 0 Å². The largest absolute Gasteiger partial charge is 0.496 e. The van der Waals surface area contributed by atoms with E-state index in [4.69, 9.17) is 10.5 Å². The molecule has 0 bridgehead atoms. The van der Waals surface area contributed by atoms with Crippen molar-refractivity contribution in [2.75, 3.05) is 7.11 Å². The van der Waals surface area contributed by atoms with Crippen molar-refractivity contribution >= 4 is 15.9 Å². The van der Waals surface area contributed by atoms with Gasteiger partial charge in [-0.3, -0.25) is 0 Å². The highest BCUT2D eigenvalue weighted by atomic mass is 79.9. The number of benzene rings is 1. The molecule has 0 heterocycles. The quantitative estimate of drug-likeness (QED) is 0.904. The number of hydrogen-bond acceptors (Lipinski definition) is 2. The standard InChI is InChI=1S/C11H16BrNO/c1-11(2,13)7-8-4-5-10(14-3)9(12)6-8/h4-6H,7,13H2,1-3H3. The highest BCUT2D eigenvalue weighted by Gasteiger charge is 2.12. The van der Waals surface area contributed by atoms with E-state index in [9.17, 15) is 0 Å². The van der Waals surface area contributed by atoms with Crippen LogP contribution in [0, 0.1) is 0 Å². The first-order valence-corrected chi connectivity index (χ1v) is 5.33. The minimum atomic E-state index is -0.173. The average Bonchev–Trinajstić information content (AvgIpc) is 2.01. The lowest BCUT2D eigenvalue weighted by molar-refractivity contribution is 0.411. The minimum Gasteiger partial charge on any atom is -0.496 e. The molecule has 0 aliphatic heterocycles. The number of ether oxygens (including phenoxy) is 1. The van der Waals surface area contributed by atoms with Crippen LogP contribution in [0.2, 0.25) is 0 Å². The molecule has 14 heavy (non-hydrogen) atoms. The first-order chi connectivity index (χ1) is 6.42. The van der Waals surface area contributed by atoms with Gasteiger partial charge < -0.3 is 10.5 Å². The van der Waals surface area contributed by atoms with E-state index in [1.54, 1.807) is 7.11 Å². The van der Waals surface area contributed by atoms with Crippen LogP contribution < -0.4 is 10.5 Å². The van der Waals surface area contributed by atoms with Gasteiger partial charge in [0.05, 0.1) is 11.6 Å². The molecule has 1 aromatic rings. The third-order valence-corrected chi connectivity index (χ3v) is 2.50. The van der Waals surface area contributed by atoms with Crippen LogP contribution in [0.25, 0.3) is 0 Å². The van der Waals surface area contributed by atoms with E-state index < -0.39 is 0 Å². The van der Waals surface area contributed by atoms with Crippen LogP contribution in [-0.4, -0.2) is 12.6 Å². The van der Waals surface area contributed by atoms with E-state index in [-0.39, 0.29) is 5.54 Å². The Hall–Kier alpha value is -0.540. The van der Waals surface area contributed by atoms with Gasteiger partial charge >= 0.3 is 0 Å². The van der Waals surface area contributed by atoms with Gasteiger partial charge in [-0.1, -0.05) is 6.07 Å². The zero-order valence-electron chi connectivity index (χ0n) is 8.80. The van der Waals surface area contributed by atoms with Crippen molar-refractivity contribution in [2.45, 2.75) is 25.8 Å². The average molecular weight is 258 g/mol. The fourth-order valence-corrected chi connectivity index (χ4v) is 1.93. The molecule has 2 N–H and O–H groups in total. The van der Waals surface area contributed by atoms with E-state index in [0.717, 1.165) is 16.6 Å². The maximum atomic E-state index is 5.94. The number of rotatable bonds is 3. The summed E-state index contributed by atoms with van der Waals surface area (Å²) >= 11 is 3.45. The fourth-order valence-electron chi connectivity index (χ4n) is 1.35. The summed E-state index contributed by atoms with van der Waals surface area (Å²) in [4.78, 5) is 0. The molecule has 0 radical (unpaired) electrons. The Balaban J connectivity index is 2.87. The normalized spacial score (nSPS) is 11.5. The van der Waals surface area contributed by atoms with Gasteiger partial charge in [-0.15, -0.1) is 0 Å². The molecular formula is C11H16BrNO. The molecule has 0 fully saturated rings. The fraction of sp³-hybridized carbons (Fsp3) is 0.455. The lowest BCUT2D eigenvalue weighted by Crippen LogP contribution is -2.34. The molecule has 0 amide bonds. The predicted octanol–water partition coefficient (Wildman–Crippen LogP) is 2.74. The molecule has 2 nitrogen and oxygen atoms in total. The van der Waals surface area contributed by atoms with E-state index in [1.807, 2.05) is 32.0 Å². The van der Waals surface area contributed by atoms with Gasteiger partial charge in [-0.2, -0.15) is 0 Å². The monoisotopic (exact) mass is 257 g/mol. The zero-order valence-corrected chi connectivity index (χ0v) is 10.4. The summed E-state index contributed by atoms with van der Waals surface area (Å²) in [6.45, 7) is 4.04. The van der Waals surface area contributed by atoms with Crippen LogP contribution in [0.1, 0.15) is 19.4 Å². The summed E-state index contributed by atoms with van der Waals surface area (Å²) in [5, 5.41) is 0. The van der Waals surface area contributed by atoms with Crippen molar-refractivity contribution in [3.05, 3.63) is 28.2 Å². The van der Waals surface area contributed by atoms with Crippen molar-refractivity contribution in [3.63, 3.8) is 0 Å². The van der Waals surface area contributed by atoms with Crippen molar-refractivity contribution in [1.82, 2.24) is 0 Å². The summed E-state index contributed by atoms with van der Waals surface area (Å²) in [5.74, 6) is 0.851. The molecule has 0 atom stereocenters. The van der Waals surface area contributed by atoms with Crippen LogP contribution >= 0.6 is 15.9 Å². The molecular weight excluding hydrogens is 242 g/mol. The molecule has 0 spiro atoms. The highest BCUT2D eigenvalue weighted by Crippen LogP contribution is 2.26. The van der Waals surface area contributed by atoms with Crippen LogP contribution in [0.4, 0.5) is 0 Å². The topological polar surface area (TPSA) is 35.2 Å². The summed E-state index contributed by atoms with van der Waals surface area (Å²) in [6, 6.07) is 6.04. The molecule has 0 aliphatic rings. The molecule has 1 aromatic carbocycles. The molecule has 3 heteroatoms. The Labute approximate surface area is 93.6 Å². The second-order valence-corrected chi connectivity index (χ2v) is 4.99. The van der Waals surface area contributed by atoms with Crippen molar-refractivity contribution in [2.24, 2.45) is 5.73 Å². The summed E-state index contributed by atoms with van der Waals surface area (Å²) in [6.07, 6.45) is 0.857. The lowest BCUT2D eigenvalue weighted by atomic mass is 9.96. The van der Waals surface area contributed by atoms with E-state index in [1.165, 1.54) is 5.56 Å². The smallest absolute Gasteiger partial charge is 0.133 e. The molecule has 0 saturated carbocycles. The van der Waals surface area contributed by atoms with Crippen LogP contribution in [0.5, 0.6) is 5.75 Å². The third kappa shape index (κ3) is 3.31. The van der Waals surface area contributed by atoms with Crippen molar-refractivity contribution in [3.8, 4) is 5.75 Å². The van der Waals surface area contributed by atoms with Gasteiger partial charge in [0.2, 0.25) is 0 Å². The second kappa shape index (κ2) is 4.32. The van der Waals surface area contributed by atoms with Gasteiger partial charge in [-0.25, -0.2) is 0 Å². The van der Waals surface area contributed by atoms with Gasteiger partial charge in [0.1, 0.15) is 5.75 Å². The SMILES string of the molecule is COc1ccc(CC(C)(C)N)cc1Br. The Morgan fingerprint density at radius 2 is 2.07 bits per heavy atom. The molecule has 0 unspecified atom stereocenters. The number of halogens is 1. The molecule has 0 aliphatic carbocycles. The van der Waals surface area contributed by atoms with E-state index in [2.05, 4.69) is 15.9 Å². The maximum absolute atomic E-state index is 5.94. The number of nitrogens with two attached hydrogens (primary N) is 1. The van der Waals surface area contributed by atoms with Gasteiger partial charge in [0, 0.05) is 5.54 Å². The van der Waals surface area contributed by atoms with Crippen molar-refractivity contribution < 1.29 is 4.74 Å². The van der Waals surface area contributed by atoms with E-state index >= 15 is 0 Å². The van der Waals surface area contributed by atoms with Gasteiger partial charge in [-0.05, 0) is 53.9 Å². The predicted molar refractivity (Wildman–Crippen MR) is 62.7 cm³/mol. The highest BCUT2D eigenvalue weighted by molar-refractivity contribution is 9.10. The first kappa shape index (κ1) is 11.5. The Morgan fingerprint density at radius 1 is 1.43 bits per heavy atom. The minimum absolute atomic E-state index is 0.173. The summed E-state index contributed by atoms with van der Waals surface area (Å²) < 4.78 is 6.13. The summed E-state index contributed by atoms with van der Waals surface area (Å²) in [7, 11) is 1.66. The number of methoxy groups -OCH3 is 1. The Kier molecular flexibility index (Phi) is 3.56. The van der Waals surface area contributed by atoms with Crippen molar-refractivity contribution in [1.29, 1.82) is 0 Å². The molecule has 0 aromatic heterocycles. The third-order valence-electron chi connectivity index (χ3n) is 1.88. The zero-order chi connectivity index (χ0) is 10.8. The van der Waals surface area contributed by atoms with Gasteiger partial charge in [0.25, 0.3) is 0 Å². The Morgan fingerprint density at radius 3 is 2.50 bits per heavy atom. The Bertz CT molecular complexity index is 318. The summed E-state index contributed by atoms with van der Waals surface area (Å²) in [5.41, 5.74) is 6.98. The molecule has 78 valence electrons. The van der Waals surface area contributed by atoms with Crippen LogP contribution in [-0.2, 0) is 6.42 Å². The molecule has 1 rings (SSSR count). The van der Waals surface area contributed by atoms with Crippen LogP contribution in [0.15, 0.2) is 22.7 Å². The first-order valence-electron chi connectivity index (χ1n) is 4.54. The van der Waals surface area contributed by atoms with E-state index in [0.29, 0.717) is 0 Å². The second-order valence-electron chi connectivity index (χ2n) is 4.13.